The van der Waals surface area contributed by atoms with Crippen molar-refractivity contribution in [3.8, 4) is 0 Å². The van der Waals surface area contributed by atoms with Gasteiger partial charge in [0.05, 0.1) is 11.4 Å². The molecule has 0 radical (unpaired) electrons. The van der Waals surface area contributed by atoms with Crippen molar-refractivity contribution in [3.05, 3.63) is 17.8 Å². The molecular weight excluding hydrogens is 160 g/mol. The summed E-state index contributed by atoms with van der Waals surface area (Å²) in [6, 6.07) is 0. The van der Waals surface area contributed by atoms with E-state index in [1.807, 2.05) is 6.92 Å². The maximum absolute atomic E-state index is 5.24. The summed E-state index contributed by atoms with van der Waals surface area (Å²) in [5, 5.41) is 2.25. The van der Waals surface area contributed by atoms with E-state index in [0.717, 1.165) is 12.2 Å². The number of hydrogen-bond donors (Lipinski definition) is 0. The highest BCUT2D eigenvalue weighted by molar-refractivity contribution is 7.78. The number of hydrogen-bond acceptors (Lipinski definition) is 4. The first-order chi connectivity index (χ1) is 5.36. The van der Waals surface area contributed by atoms with Crippen LogP contribution < -0.4 is 0 Å². The molecule has 0 unspecified atom stereocenters. The fourth-order valence-corrected chi connectivity index (χ4v) is 0.749. The summed E-state index contributed by atoms with van der Waals surface area (Å²) in [4.78, 5) is 7.68. The van der Waals surface area contributed by atoms with Gasteiger partial charge in [0.1, 0.15) is 12.3 Å². The molecule has 0 atom stereocenters. The molecule has 1 aromatic rings. The lowest BCUT2D eigenvalue weighted by Gasteiger charge is -1.84. The van der Waals surface area contributed by atoms with Crippen molar-refractivity contribution in [2.75, 3.05) is 0 Å². The maximum Gasteiger partial charge on any atom is 0.216 e. The summed E-state index contributed by atoms with van der Waals surface area (Å²) in [6.45, 7) is 2.40. The molecule has 0 aliphatic carbocycles. The fourth-order valence-electron chi connectivity index (χ4n) is 0.684. The number of aliphatic imine (C=N–C) groups is 1. The van der Waals surface area contributed by atoms with E-state index in [0.29, 0.717) is 12.4 Å². The Morgan fingerprint density at radius 2 is 2.64 bits per heavy atom. The summed E-state index contributed by atoms with van der Waals surface area (Å²) in [7, 11) is 0. The predicted molar refractivity (Wildman–Crippen MR) is 44.6 cm³/mol. The van der Waals surface area contributed by atoms with E-state index in [1.54, 1.807) is 6.20 Å². The average molecular weight is 168 g/mol. The lowest BCUT2D eigenvalue weighted by Crippen LogP contribution is -1.77. The second kappa shape index (κ2) is 4.01. The van der Waals surface area contributed by atoms with Gasteiger partial charge in [0, 0.05) is 6.42 Å². The molecule has 0 saturated heterocycles. The van der Waals surface area contributed by atoms with E-state index in [2.05, 4.69) is 27.4 Å². The van der Waals surface area contributed by atoms with Crippen molar-refractivity contribution >= 4 is 17.4 Å². The van der Waals surface area contributed by atoms with Crippen LogP contribution in [0.25, 0.3) is 0 Å². The van der Waals surface area contributed by atoms with Gasteiger partial charge in [-0.15, -0.1) is 0 Å². The Morgan fingerprint density at radius 3 is 3.18 bits per heavy atom. The lowest BCUT2D eigenvalue weighted by molar-refractivity contribution is 0.462. The summed E-state index contributed by atoms with van der Waals surface area (Å²) in [5.74, 6) is 1.47. The van der Waals surface area contributed by atoms with E-state index >= 15 is 0 Å². The molecular formula is C7H8N2OS. The molecule has 0 fully saturated rings. The van der Waals surface area contributed by atoms with Crippen LogP contribution in [0.5, 0.6) is 0 Å². The third kappa shape index (κ3) is 2.26. The SMILES string of the molecule is CCc1cnc(CN=C=S)o1. The van der Waals surface area contributed by atoms with Gasteiger partial charge in [-0.25, -0.2) is 9.98 Å². The van der Waals surface area contributed by atoms with Crippen molar-refractivity contribution in [1.82, 2.24) is 4.98 Å². The number of isothiocyanates is 1. The Labute approximate surface area is 70.2 Å². The van der Waals surface area contributed by atoms with Gasteiger partial charge in [0.15, 0.2) is 0 Å². The second-order valence-corrected chi connectivity index (χ2v) is 2.16. The molecule has 0 amide bonds. The first kappa shape index (κ1) is 8.11. The van der Waals surface area contributed by atoms with Crippen molar-refractivity contribution in [1.29, 1.82) is 0 Å². The number of aryl methyl sites for hydroxylation is 1. The molecule has 1 heterocycles. The third-order valence-corrected chi connectivity index (χ3v) is 1.36. The van der Waals surface area contributed by atoms with Crippen molar-refractivity contribution < 1.29 is 4.42 Å². The van der Waals surface area contributed by atoms with Crippen LogP contribution in [-0.4, -0.2) is 10.1 Å². The Bertz CT molecular complexity index is 276. The quantitative estimate of drug-likeness (QED) is 0.510. The zero-order valence-corrected chi connectivity index (χ0v) is 7.02. The zero-order valence-electron chi connectivity index (χ0n) is 6.20. The van der Waals surface area contributed by atoms with Gasteiger partial charge < -0.3 is 4.42 Å². The minimum atomic E-state index is 0.392. The molecule has 1 rings (SSSR count). The summed E-state index contributed by atoms with van der Waals surface area (Å²) in [6.07, 6.45) is 2.56. The third-order valence-electron chi connectivity index (χ3n) is 1.23. The highest BCUT2D eigenvalue weighted by Gasteiger charge is 1.98. The van der Waals surface area contributed by atoms with Gasteiger partial charge in [0.2, 0.25) is 5.89 Å². The lowest BCUT2D eigenvalue weighted by atomic mass is 10.4. The van der Waals surface area contributed by atoms with Crippen molar-refractivity contribution in [2.45, 2.75) is 19.9 Å². The highest BCUT2D eigenvalue weighted by Crippen LogP contribution is 2.04. The van der Waals surface area contributed by atoms with E-state index < -0.39 is 0 Å². The molecule has 11 heavy (non-hydrogen) atoms. The molecule has 3 nitrogen and oxygen atoms in total. The number of aromatic nitrogens is 1. The van der Waals surface area contributed by atoms with Gasteiger partial charge in [-0.2, -0.15) is 0 Å². The molecule has 0 aliphatic rings. The minimum Gasteiger partial charge on any atom is -0.444 e. The molecule has 0 aliphatic heterocycles. The second-order valence-electron chi connectivity index (χ2n) is 1.98. The van der Waals surface area contributed by atoms with E-state index in [1.165, 1.54) is 0 Å². The number of oxazole rings is 1. The van der Waals surface area contributed by atoms with Gasteiger partial charge in [0.25, 0.3) is 0 Å². The van der Waals surface area contributed by atoms with Crippen LogP contribution in [0, 0.1) is 0 Å². The van der Waals surface area contributed by atoms with Gasteiger partial charge in [-0.3, -0.25) is 0 Å². The Morgan fingerprint density at radius 1 is 1.82 bits per heavy atom. The van der Waals surface area contributed by atoms with Gasteiger partial charge >= 0.3 is 0 Å². The molecule has 0 bridgehead atoms. The molecule has 1 aromatic heterocycles. The normalized spacial score (nSPS) is 9.18. The first-order valence-corrected chi connectivity index (χ1v) is 3.75. The van der Waals surface area contributed by atoms with Crippen LogP contribution in [0.3, 0.4) is 0 Å². The van der Waals surface area contributed by atoms with Crippen LogP contribution >= 0.6 is 12.2 Å². The van der Waals surface area contributed by atoms with Crippen LogP contribution in [-0.2, 0) is 13.0 Å². The number of thiocarbonyl (C=S) groups is 1. The predicted octanol–water partition coefficient (Wildman–Crippen LogP) is 1.84. The summed E-state index contributed by atoms with van der Waals surface area (Å²) in [5.41, 5.74) is 0. The van der Waals surface area contributed by atoms with Crippen LogP contribution in [0.2, 0.25) is 0 Å². The largest absolute Gasteiger partial charge is 0.444 e. The molecule has 4 heteroatoms. The van der Waals surface area contributed by atoms with Crippen LogP contribution in [0.15, 0.2) is 15.6 Å². The maximum atomic E-state index is 5.24. The molecule has 0 aromatic carbocycles. The zero-order chi connectivity index (χ0) is 8.10. The average Bonchev–Trinajstić information content (AvgIpc) is 2.48. The Kier molecular flexibility index (Phi) is 2.95. The Hall–Kier alpha value is -0.990. The topological polar surface area (TPSA) is 38.4 Å². The van der Waals surface area contributed by atoms with Crippen LogP contribution in [0.4, 0.5) is 0 Å². The van der Waals surface area contributed by atoms with E-state index in [-0.39, 0.29) is 0 Å². The highest BCUT2D eigenvalue weighted by atomic mass is 32.1. The van der Waals surface area contributed by atoms with Gasteiger partial charge in [-0.05, 0) is 12.2 Å². The summed E-state index contributed by atoms with van der Waals surface area (Å²) >= 11 is 4.40. The van der Waals surface area contributed by atoms with E-state index in [4.69, 9.17) is 4.42 Å². The van der Waals surface area contributed by atoms with Crippen molar-refractivity contribution in [3.63, 3.8) is 0 Å². The fraction of sp³-hybridized carbons (Fsp3) is 0.429. The molecule has 0 N–H and O–H groups in total. The summed E-state index contributed by atoms with van der Waals surface area (Å²) < 4.78 is 5.24. The standard InChI is InChI=1S/C7H8N2OS/c1-2-6-3-9-7(10-6)4-8-5-11/h3H,2,4H2,1H3. The minimum absolute atomic E-state index is 0.392. The molecule has 0 saturated carbocycles. The van der Waals surface area contributed by atoms with Crippen molar-refractivity contribution in [2.24, 2.45) is 4.99 Å². The monoisotopic (exact) mass is 168 g/mol. The Balaban J connectivity index is 2.64. The van der Waals surface area contributed by atoms with Crippen LogP contribution in [0.1, 0.15) is 18.6 Å². The smallest absolute Gasteiger partial charge is 0.216 e. The van der Waals surface area contributed by atoms with Gasteiger partial charge in [-0.1, -0.05) is 6.92 Å². The van der Waals surface area contributed by atoms with E-state index in [9.17, 15) is 0 Å². The molecule has 58 valence electrons. The number of rotatable bonds is 3. The first-order valence-electron chi connectivity index (χ1n) is 3.34. The number of nitrogens with zero attached hydrogens (tertiary/aromatic N) is 2. The molecule has 0 spiro atoms.